The van der Waals surface area contributed by atoms with Gasteiger partial charge >= 0.3 is 0 Å². The first kappa shape index (κ1) is 14.3. The first-order valence-corrected chi connectivity index (χ1v) is 7.44. The van der Waals surface area contributed by atoms with Gasteiger partial charge in [0.05, 0.1) is 5.69 Å². The van der Waals surface area contributed by atoms with Gasteiger partial charge in [-0.2, -0.15) is 5.10 Å². The van der Waals surface area contributed by atoms with Crippen LogP contribution in [0, 0.1) is 0 Å². The van der Waals surface area contributed by atoms with Crippen molar-refractivity contribution in [2.75, 3.05) is 17.2 Å². The molecule has 0 bridgehead atoms. The van der Waals surface area contributed by atoms with E-state index in [0.29, 0.717) is 12.1 Å². The van der Waals surface area contributed by atoms with Crippen LogP contribution < -0.4 is 16.2 Å². The van der Waals surface area contributed by atoms with Crippen molar-refractivity contribution < 1.29 is 4.79 Å². The zero-order valence-electron chi connectivity index (χ0n) is 12.4. The van der Waals surface area contributed by atoms with E-state index in [1.807, 2.05) is 31.2 Å². The van der Waals surface area contributed by atoms with Crippen LogP contribution in [0.25, 0.3) is 11.3 Å². The molecule has 1 aliphatic rings. The molecule has 0 saturated heterocycles. The second-order valence-corrected chi connectivity index (χ2v) is 5.27. The lowest BCUT2D eigenvalue weighted by atomic mass is 10.0. The average molecular weight is 298 g/mol. The number of carbonyl (C=O) groups is 1. The molecule has 0 spiro atoms. The first-order valence-electron chi connectivity index (χ1n) is 7.44. The Labute approximate surface area is 128 Å². The summed E-state index contributed by atoms with van der Waals surface area (Å²) in [6, 6.07) is 7.48. The first-order chi connectivity index (χ1) is 10.7. The molecule has 6 nitrogen and oxygen atoms in total. The number of H-pyrrole nitrogens is 1. The van der Waals surface area contributed by atoms with Gasteiger partial charge in [0, 0.05) is 29.8 Å². The van der Waals surface area contributed by atoms with Gasteiger partial charge in [0.2, 0.25) is 5.91 Å². The number of fused-ring (bicyclic) bond motifs is 1. The second-order valence-electron chi connectivity index (χ2n) is 5.27. The summed E-state index contributed by atoms with van der Waals surface area (Å²) in [4.78, 5) is 23.4. The summed E-state index contributed by atoms with van der Waals surface area (Å²) >= 11 is 0. The molecular formula is C16H18N4O2. The molecule has 22 heavy (non-hydrogen) atoms. The lowest BCUT2D eigenvalue weighted by Crippen LogP contribution is -2.24. The van der Waals surface area contributed by atoms with Crippen molar-refractivity contribution >= 4 is 17.3 Å². The molecule has 0 radical (unpaired) electrons. The van der Waals surface area contributed by atoms with Gasteiger partial charge < -0.3 is 10.6 Å². The number of carbonyl (C=O) groups excluding carboxylic acids is 1. The Balaban J connectivity index is 2.03. The van der Waals surface area contributed by atoms with Crippen molar-refractivity contribution in [2.45, 2.75) is 26.2 Å². The monoisotopic (exact) mass is 298 g/mol. The number of aromatic amines is 1. The van der Waals surface area contributed by atoms with Gasteiger partial charge in [-0.1, -0.05) is 19.1 Å². The molecule has 3 N–H and O–H groups in total. The maximum absolute atomic E-state index is 11.9. The molecule has 0 saturated carbocycles. The van der Waals surface area contributed by atoms with E-state index in [-0.39, 0.29) is 11.5 Å². The standard InChI is InChI=1S/C16H18N4O2/c1-2-13(21)18-11-6-3-5-10(9-11)14-15-12(7-4-8-17-15)16(22)20-19-14/h3,5-6,9,17H,2,4,7-8H2,1H3,(H,18,21)(H,20,22). The van der Waals surface area contributed by atoms with E-state index in [1.165, 1.54) is 0 Å². The van der Waals surface area contributed by atoms with Crippen LogP contribution in [0.4, 0.5) is 11.4 Å². The number of benzene rings is 1. The summed E-state index contributed by atoms with van der Waals surface area (Å²) in [7, 11) is 0. The third-order valence-corrected chi connectivity index (χ3v) is 3.73. The van der Waals surface area contributed by atoms with Crippen molar-refractivity contribution in [3.63, 3.8) is 0 Å². The normalized spacial score (nSPS) is 13.1. The van der Waals surface area contributed by atoms with Gasteiger partial charge in [-0.25, -0.2) is 5.10 Å². The van der Waals surface area contributed by atoms with Gasteiger partial charge in [0.1, 0.15) is 5.69 Å². The Morgan fingerprint density at radius 3 is 3.09 bits per heavy atom. The Kier molecular flexibility index (Phi) is 3.91. The van der Waals surface area contributed by atoms with Gasteiger partial charge in [0.25, 0.3) is 5.56 Å². The lowest BCUT2D eigenvalue weighted by molar-refractivity contribution is -0.115. The number of hydrogen-bond donors (Lipinski definition) is 3. The number of aromatic nitrogens is 2. The molecule has 1 aliphatic heterocycles. The van der Waals surface area contributed by atoms with Crippen molar-refractivity contribution in [2.24, 2.45) is 0 Å². The zero-order chi connectivity index (χ0) is 15.5. The Morgan fingerprint density at radius 1 is 1.41 bits per heavy atom. The summed E-state index contributed by atoms with van der Waals surface area (Å²) in [5.74, 6) is -0.0354. The molecule has 2 aromatic rings. The molecular weight excluding hydrogens is 280 g/mol. The van der Waals surface area contributed by atoms with E-state index < -0.39 is 0 Å². The summed E-state index contributed by atoms with van der Waals surface area (Å²) in [5.41, 5.74) is 3.70. The number of nitrogens with zero attached hydrogens (tertiary/aromatic N) is 1. The molecule has 6 heteroatoms. The van der Waals surface area contributed by atoms with Gasteiger partial charge in [0.15, 0.2) is 0 Å². The van der Waals surface area contributed by atoms with E-state index in [4.69, 9.17) is 0 Å². The fourth-order valence-electron chi connectivity index (χ4n) is 2.60. The van der Waals surface area contributed by atoms with Crippen LogP contribution in [-0.2, 0) is 11.2 Å². The fraction of sp³-hybridized carbons (Fsp3) is 0.312. The highest BCUT2D eigenvalue weighted by Crippen LogP contribution is 2.30. The van der Waals surface area contributed by atoms with Crippen molar-refractivity contribution in [1.82, 2.24) is 10.2 Å². The molecule has 0 unspecified atom stereocenters. The van der Waals surface area contributed by atoms with Crippen molar-refractivity contribution in [3.05, 3.63) is 40.2 Å². The lowest BCUT2D eigenvalue weighted by Gasteiger charge is -2.19. The molecule has 2 heterocycles. The number of rotatable bonds is 3. The molecule has 0 atom stereocenters. The molecule has 0 aliphatic carbocycles. The second kappa shape index (κ2) is 6.01. The van der Waals surface area contributed by atoms with Crippen LogP contribution in [0.15, 0.2) is 29.1 Å². The van der Waals surface area contributed by atoms with Crippen LogP contribution in [-0.4, -0.2) is 22.6 Å². The topological polar surface area (TPSA) is 86.9 Å². The summed E-state index contributed by atoms with van der Waals surface area (Å²) in [6.45, 7) is 2.64. The number of nitrogens with one attached hydrogen (secondary N) is 3. The Hall–Kier alpha value is -2.63. The van der Waals surface area contributed by atoms with Crippen LogP contribution in [0.1, 0.15) is 25.3 Å². The van der Waals surface area contributed by atoms with Crippen LogP contribution in [0.3, 0.4) is 0 Å². The van der Waals surface area contributed by atoms with Gasteiger partial charge in [-0.05, 0) is 25.0 Å². The highest BCUT2D eigenvalue weighted by Gasteiger charge is 2.18. The van der Waals surface area contributed by atoms with E-state index in [2.05, 4.69) is 20.8 Å². The summed E-state index contributed by atoms with van der Waals surface area (Å²) < 4.78 is 0. The third kappa shape index (κ3) is 2.72. The molecule has 1 amide bonds. The van der Waals surface area contributed by atoms with Crippen LogP contribution in [0.2, 0.25) is 0 Å². The molecule has 114 valence electrons. The predicted molar refractivity (Wildman–Crippen MR) is 86.0 cm³/mol. The minimum atomic E-state index is -0.138. The fourth-order valence-corrected chi connectivity index (χ4v) is 2.60. The number of hydrogen-bond acceptors (Lipinski definition) is 4. The summed E-state index contributed by atoms with van der Waals surface area (Å²) in [5, 5.41) is 12.9. The minimum Gasteiger partial charge on any atom is -0.383 e. The summed E-state index contributed by atoms with van der Waals surface area (Å²) in [6.07, 6.45) is 2.11. The quantitative estimate of drug-likeness (QED) is 0.810. The molecule has 1 aromatic heterocycles. The zero-order valence-corrected chi connectivity index (χ0v) is 12.4. The van der Waals surface area contributed by atoms with Gasteiger partial charge in [-0.3, -0.25) is 9.59 Å². The SMILES string of the molecule is CCC(=O)Nc1cccc(-c2n[nH]c(=O)c3c2NCCC3)c1. The Bertz CT molecular complexity index is 767. The van der Waals surface area contributed by atoms with E-state index >= 15 is 0 Å². The van der Waals surface area contributed by atoms with E-state index in [9.17, 15) is 9.59 Å². The predicted octanol–water partition coefficient (Wildman–Crippen LogP) is 2.14. The van der Waals surface area contributed by atoms with Crippen molar-refractivity contribution in [1.29, 1.82) is 0 Å². The van der Waals surface area contributed by atoms with Gasteiger partial charge in [-0.15, -0.1) is 0 Å². The van der Waals surface area contributed by atoms with Crippen LogP contribution in [0.5, 0.6) is 0 Å². The molecule has 0 fully saturated rings. The highest BCUT2D eigenvalue weighted by molar-refractivity contribution is 5.91. The molecule has 1 aromatic carbocycles. The molecule has 3 rings (SSSR count). The maximum Gasteiger partial charge on any atom is 0.269 e. The highest BCUT2D eigenvalue weighted by atomic mass is 16.1. The minimum absolute atomic E-state index is 0.0354. The Morgan fingerprint density at radius 2 is 2.27 bits per heavy atom. The smallest absolute Gasteiger partial charge is 0.269 e. The number of anilines is 2. The third-order valence-electron chi connectivity index (χ3n) is 3.73. The number of amides is 1. The average Bonchev–Trinajstić information content (AvgIpc) is 2.55. The maximum atomic E-state index is 11.9. The van der Waals surface area contributed by atoms with Crippen molar-refractivity contribution in [3.8, 4) is 11.3 Å². The van der Waals surface area contributed by atoms with Crippen LogP contribution >= 0.6 is 0 Å². The van der Waals surface area contributed by atoms with E-state index in [1.54, 1.807) is 0 Å². The largest absolute Gasteiger partial charge is 0.383 e. The van der Waals surface area contributed by atoms with E-state index in [0.717, 1.165) is 41.9 Å².